The molecule has 1 unspecified atom stereocenters. The molecule has 0 aliphatic rings. The molecule has 5 heteroatoms. The Hall–Kier alpha value is -0.470. The van der Waals surface area contributed by atoms with Gasteiger partial charge in [0, 0.05) is 19.4 Å². The van der Waals surface area contributed by atoms with E-state index in [1.54, 1.807) is 0 Å². The zero-order valence-electron chi connectivity index (χ0n) is 8.66. The molecule has 0 saturated carbocycles. The Labute approximate surface area is 85.9 Å². The summed E-state index contributed by atoms with van der Waals surface area (Å²) >= 11 is 0. The predicted octanol–water partition coefficient (Wildman–Crippen LogP) is 2.37. The van der Waals surface area contributed by atoms with Crippen LogP contribution in [-0.4, -0.2) is 23.8 Å². The number of aliphatic carboxylic acids is 1. The lowest BCUT2D eigenvalue weighted by Crippen LogP contribution is -2.07. The number of carbonyl (C=O) groups is 1. The van der Waals surface area contributed by atoms with E-state index in [1.807, 2.05) is 0 Å². The van der Waals surface area contributed by atoms with Crippen molar-refractivity contribution < 1.29 is 14.5 Å². The van der Waals surface area contributed by atoms with Gasteiger partial charge in [0.05, 0.1) is 0 Å². The molecule has 0 bridgehead atoms. The number of unbranched alkanes of at least 4 members (excludes halogenated alkanes) is 2. The maximum Gasteiger partial charge on any atom is 0.432 e. The standard InChI is InChI=1S/C9H18NO3P/c1-2-3-4-7-10-14(13)8-5-6-9(11)12/h2-8H2,1H3,(H-,10,11,12,13)/p+1. The molecule has 4 nitrogen and oxygen atoms in total. The van der Waals surface area contributed by atoms with Crippen LogP contribution >= 0.6 is 7.95 Å². The first-order chi connectivity index (χ1) is 6.66. The summed E-state index contributed by atoms with van der Waals surface area (Å²) in [5, 5.41) is 11.3. The Bertz CT molecular complexity index is 185. The molecule has 0 aliphatic carbocycles. The van der Waals surface area contributed by atoms with Crippen molar-refractivity contribution in [2.75, 3.05) is 12.7 Å². The van der Waals surface area contributed by atoms with Gasteiger partial charge in [-0.15, -0.1) is 5.09 Å². The lowest BCUT2D eigenvalue weighted by Gasteiger charge is -1.93. The fourth-order valence-corrected chi connectivity index (χ4v) is 2.04. The Kier molecular flexibility index (Phi) is 8.79. The van der Waals surface area contributed by atoms with Crippen LogP contribution in [0, 0.1) is 0 Å². The normalized spacial score (nSPS) is 11.4. The quantitative estimate of drug-likeness (QED) is 0.462. The van der Waals surface area contributed by atoms with E-state index >= 15 is 0 Å². The maximum atomic E-state index is 11.2. The zero-order valence-corrected chi connectivity index (χ0v) is 9.56. The minimum atomic E-state index is -1.39. The molecule has 0 aromatic rings. The summed E-state index contributed by atoms with van der Waals surface area (Å²) in [4.78, 5) is 10.2. The summed E-state index contributed by atoms with van der Waals surface area (Å²) in [6.07, 6.45) is 4.40. The van der Waals surface area contributed by atoms with Crippen LogP contribution in [-0.2, 0) is 9.36 Å². The fraction of sp³-hybridized carbons (Fsp3) is 0.889. The van der Waals surface area contributed by atoms with Gasteiger partial charge >= 0.3 is 13.9 Å². The predicted molar refractivity (Wildman–Crippen MR) is 56.9 cm³/mol. The molecule has 0 fully saturated rings. The highest BCUT2D eigenvalue weighted by molar-refractivity contribution is 7.42. The van der Waals surface area contributed by atoms with Crippen LogP contribution in [0.1, 0.15) is 39.0 Å². The maximum absolute atomic E-state index is 11.2. The van der Waals surface area contributed by atoms with Crippen molar-refractivity contribution >= 4 is 13.9 Å². The number of carboxylic acids is 1. The van der Waals surface area contributed by atoms with Gasteiger partial charge in [-0.3, -0.25) is 4.79 Å². The van der Waals surface area contributed by atoms with Gasteiger partial charge in [-0.2, -0.15) is 0 Å². The number of hydrogen-bond acceptors (Lipinski definition) is 2. The first-order valence-corrected chi connectivity index (χ1v) is 6.51. The fourth-order valence-electron chi connectivity index (χ4n) is 1.03. The van der Waals surface area contributed by atoms with Crippen molar-refractivity contribution in [3.8, 4) is 0 Å². The van der Waals surface area contributed by atoms with Gasteiger partial charge in [0.1, 0.15) is 0 Å². The first kappa shape index (κ1) is 13.5. The topological polar surface area (TPSA) is 66.4 Å². The van der Waals surface area contributed by atoms with Crippen LogP contribution < -0.4 is 5.09 Å². The summed E-state index contributed by atoms with van der Waals surface area (Å²) < 4.78 is 11.2. The van der Waals surface area contributed by atoms with Crippen molar-refractivity contribution in [2.24, 2.45) is 0 Å². The van der Waals surface area contributed by atoms with Crippen molar-refractivity contribution in [3.63, 3.8) is 0 Å². The molecule has 14 heavy (non-hydrogen) atoms. The zero-order chi connectivity index (χ0) is 10.8. The Morgan fingerprint density at radius 2 is 2.07 bits per heavy atom. The van der Waals surface area contributed by atoms with Crippen LogP contribution in [0.3, 0.4) is 0 Å². The molecular formula is C9H19NO3P+. The van der Waals surface area contributed by atoms with E-state index in [9.17, 15) is 9.36 Å². The molecule has 0 saturated heterocycles. The van der Waals surface area contributed by atoms with Crippen molar-refractivity contribution in [3.05, 3.63) is 0 Å². The molecule has 2 N–H and O–H groups in total. The highest BCUT2D eigenvalue weighted by Gasteiger charge is 2.14. The van der Waals surface area contributed by atoms with Crippen molar-refractivity contribution in [1.29, 1.82) is 0 Å². The minimum absolute atomic E-state index is 0.109. The van der Waals surface area contributed by atoms with Crippen molar-refractivity contribution in [1.82, 2.24) is 5.09 Å². The Morgan fingerprint density at radius 1 is 1.36 bits per heavy atom. The number of nitrogens with one attached hydrogen (secondary N) is 1. The lowest BCUT2D eigenvalue weighted by molar-refractivity contribution is -0.137. The minimum Gasteiger partial charge on any atom is -0.481 e. The molecule has 0 amide bonds. The molecular weight excluding hydrogens is 201 g/mol. The van der Waals surface area contributed by atoms with Gasteiger partial charge in [-0.1, -0.05) is 24.3 Å². The Morgan fingerprint density at radius 3 is 2.64 bits per heavy atom. The molecule has 0 spiro atoms. The number of rotatable bonds is 9. The summed E-state index contributed by atoms with van der Waals surface area (Å²) in [6, 6.07) is 0. The average Bonchev–Trinajstić information content (AvgIpc) is 2.12. The van der Waals surface area contributed by atoms with E-state index in [0.717, 1.165) is 25.8 Å². The highest BCUT2D eigenvalue weighted by Crippen LogP contribution is 2.16. The number of carboxylic acid groups (broad SMARTS) is 1. The van der Waals surface area contributed by atoms with Crippen LogP contribution in [0.15, 0.2) is 0 Å². The molecule has 0 rings (SSSR count). The molecule has 82 valence electrons. The van der Waals surface area contributed by atoms with Crippen molar-refractivity contribution in [2.45, 2.75) is 39.0 Å². The van der Waals surface area contributed by atoms with E-state index in [0.29, 0.717) is 12.6 Å². The molecule has 0 aliphatic heterocycles. The van der Waals surface area contributed by atoms with Gasteiger partial charge in [0.2, 0.25) is 0 Å². The van der Waals surface area contributed by atoms with Gasteiger partial charge in [0.15, 0.2) is 6.16 Å². The van der Waals surface area contributed by atoms with E-state index in [-0.39, 0.29) is 6.42 Å². The summed E-state index contributed by atoms with van der Waals surface area (Å²) in [6.45, 7) is 2.89. The Balaban J connectivity index is 3.24. The first-order valence-electron chi connectivity index (χ1n) is 5.06. The van der Waals surface area contributed by atoms with E-state index < -0.39 is 13.9 Å². The third kappa shape index (κ3) is 9.62. The SMILES string of the molecule is CCCCCN[P+](=O)CCCC(=O)O. The highest BCUT2D eigenvalue weighted by atomic mass is 31.1. The third-order valence-corrected chi connectivity index (χ3v) is 3.12. The second kappa shape index (κ2) is 9.10. The molecule has 0 aromatic carbocycles. The molecule has 0 aromatic heterocycles. The van der Waals surface area contributed by atoms with Gasteiger partial charge in [0.25, 0.3) is 0 Å². The van der Waals surface area contributed by atoms with Gasteiger partial charge in [-0.05, 0) is 6.42 Å². The lowest BCUT2D eigenvalue weighted by atomic mass is 10.3. The van der Waals surface area contributed by atoms with E-state index in [1.165, 1.54) is 0 Å². The van der Waals surface area contributed by atoms with Crippen LogP contribution in [0.4, 0.5) is 0 Å². The smallest absolute Gasteiger partial charge is 0.432 e. The monoisotopic (exact) mass is 220 g/mol. The van der Waals surface area contributed by atoms with Crippen LogP contribution in [0.2, 0.25) is 0 Å². The molecule has 0 radical (unpaired) electrons. The van der Waals surface area contributed by atoms with E-state index in [2.05, 4.69) is 12.0 Å². The molecule has 1 atom stereocenters. The van der Waals surface area contributed by atoms with Crippen LogP contribution in [0.25, 0.3) is 0 Å². The number of hydrogen-bond donors (Lipinski definition) is 2. The second-order valence-electron chi connectivity index (χ2n) is 3.21. The average molecular weight is 220 g/mol. The largest absolute Gasteiger partial charge is 0.481 e. The summed E-state index contributed by atoms with van der Waals surface area (Å²) in [5.74, 6) is -0.820. The van der Waals surface area contributed by atoms with Crippen LogP contribution in [0.5, 0.6) is 0 Å². The molecule has 0 heterocycles. The van der Waals surface area contributed by atoms with E-state index in [4.69, 9.17) is 5.11 Å². The summed E-state index contributed by atoms with van der Waals surface area (Å²) in [7, 11) is -1.39. The third-order valence-electron chi connectivity index (χ3n) is 1.82. The second-order valence-corrected chi connectivity index (χ2v) is 4.74. The van der Waals surface area contributed by atoms with Gasteiger partial charge in [-0.25, -0.2) is 0 Å². The summed E-state index contributed by atoms with van der Waals surface area (Å²) in [5.41, 5.74) is 0. The van der Waals surface area contributed by atoms with Gasteiger partial charge < -0.3 is 5.11 Å².